The van der Waals surface area contributed by atoms with Crippen molar-refractivity contribution < 1.29 is 9.21 Å². The first kappa shape index (κ1) is 17.1. The van der Waals surface area contributed by atoms with E-state index in [0.29, 0.717) is 17.0 Å². The monoisotopic (exact) mass is 376 g/mol. The first-order valence-corrected chi connectivity index (χ1v) is 8.69. The fourth-order valence-electron chi connectivity index (χ4n) is 3.23. The van der Waals surface area contributed by atoms with Crippen molar-refractivity contribution in [1.82, 2.24) is 0 Å². The second kappa shape index (κ2) is 6.75. The normalized spacial score (nSPS) is 13.5. The molecule has 1 aliphatic heterocycles. The number of benzene rings is 2. The second-order valence-corrected chi connectivity index (χ2v) is 6.55. The lowest BCUT2D eigenvalue weighted by Gasteiger charge is -2.16. The van der Waals surface area contributed by atoms with E-state index in [1.165, 1.54) is 12.3 Å². The molecule has 6 heteroatoms. The predicted octanol–water partition coefficient (Wildman–Crippen LogP) is 3.94. The van der Waals surface area contributed by atoms with Crippen molar-refractivity contribution in [3.05, 3.63) is 80.7 Å². The number of carbonyl (C=O) groups is 1. The van der Waals surface area contributed by atoms with Gasteiger partial charge < -0.3 is 9.32 Å². The molecule has 1 amide bonds. The molecule has 0 radical (unpaired) electrons. The van der Waals surface area contributed by atoms with E-state index in [2.05, 4.69) is 0 Å². The van der Waals surface area contributed by atoms with Crippen molar-refractivity contribution >= 4 is 40.2 Å². The topological polar surface area (TPSA) is 74.3 Å². The van der Waals surface area contributed by atoms with Gasteiger partial charge in [0.1, 0.15) is 17.9 Å². The molecule has 1 aromatic heterocycles. The maximum Gasteiger partial charge on any atom is 0.268 e. The quantitative estimate of drug-likeness (QED) is 0.501. The Morgan fingerprint density at radius 3 is 2.85 bits per heavy atom. The van der Waals surface area contributed by atoms with Crippen LogP contribution in [0.1, 0.15) is 11.1 Å². The summed E-state index contributed by atoms with van der Waals surface area (Å²) in [6, 6.07) is 14.3. The smallest absolute Gasteiger partial charge is 0.268 e. The van der Waals surface area contributed by atoms with Gasteiger partial charge >= 0.3 is 0 Å². The van der Waals surface area contributed by atoms with Crippen LogP contribution < -0.4 is 10.3 Å². The Bertz CT molecular complexity index is 1200. The molecule has 0 aliphatic carbocycles. The second-order valence-electron chi connectivity index (χ2n) is 6.14. The fourth-order valence-corrected chi connectivity index (χ4v) is 3.45. The van der Waals surface area contributed by atoms with Gasteiger partial charge in [-0.05, 0) is 36.3 Å². The summed E-state index contributed by atoms with van der Waals surface area (Å²) in [5.74, 6) is -0.437. The lowest BCUT2D eigenvalue weighted by molar-refractivity contribution is -0.114. The Balaban J connectivity index is 1.76. The van der Waals surface area contributed by atoms with Gasteiger partial charge in [-0.3, -0.25) is 9.59 Å². The minimum atomic E-state index is -0.437. The number of para-hydroxylation sites is 2. The zero-order valence-corrected chi connectivity index (χ0v) is 14.9. The molecule has 1 aliphatic rings. The highest BCUT2D eigenvalue weighted by atomic mass is 35.5. The number of nitriles is 1. The molecule has 4 rings (SSSR count). The Morgan fingerprint density at radius 2 is 2.04 bits per heavy atom. The molecule has 0 fully saturated rings. The van der Waals surface area contributed by atoms with Crippen LogP contribution in [0.25, 0.3) is 17.0 Å². The van der Waals surface area contributed by atoms with Crippen LogP contribution in [0, 0.1) is 11.3 Å². The van der Waals surface area contributed by atoms with Crippen LogP contribution >= 0.6 is 11.6 Å². The molecule has 3 aromatic rings. The molecule has 132 valence electrons. The fraction of sp³-hybridized carbons (Fsp3) is 0.0952. The van der Waals surface area contributed by atoms with E-state index in [-0.39, 0.29) is 22.1 Å². The standard InChI is InChI=1S/C21H13ClN2O3/c22-17-6-3-5-16-19(25)15(12-27-20(16)17)10-14(11-23)21(26)24-9-8-13-4-1-2-7-18(13)24/h1-7,10,12H,8-9H2/b14-10+. The minimum Gasteiger partial charge on any atom is -0.462 e. The molecular weight excluding hydrogens is 364 g/mol. The van der Waals surface area contributed by atoms with Crippen LogP contribution in [0.15, 0.2) is 63.5 Å². The summed E-state index contributed by atoms with van der Waals surface area (Å²) in [6.45, 7) is 0.499. The number of carbonyl (C=O) groups excluding carboxylic acids is 1. The predicted molar refractivity (Wildman–Crippen MR) is 104 cm³/mol. The zero-order valence-electron chi connectivity index (χ0n) is 14.1. The lowest BCUT2D eigenvalue weighted by atomic mass is 10.1. The summed E-state index contributed by atoms with van der Waals surface area (Å²) in [4.78, 5) is 27.1. The zero-order chi connectivity index (χ0) is 19.0. The van der Waals surface area contributed by atoms with Crippen LogP contribution in [0.2, 0.25) is 5.02 Å². The number of anilines is 1. The molecule has 27 heavy (non-hydrogen) atoms. The highest BCUT2D eigenvalue weighted by molar-refractivity contribution is 6.34. The average molecular weight is 377 g/mol. The van der Waals surface area contributed by atoms with Crippen molar-refractivity contribution in [3.63, 3.8) is 0 Å². The molecule has 0 atom stereocenters. The number of hydrogen-bond donors (Lipinski definition) is 0. The number of fused-ring (bicyclic) bond motifs is 2. The molecule has 0 saturated carbocycles. The molecule has 0 bridgehead atoms. The SMILES string of the molecule is N#C/C(=C\c1coc2c(Cl)cccc2c1=O)C(=O)N1CCc2ccccc21. The number of halogens is 1. The molecule has 0 spiro atoms. The van der Waals surface area contributed by atoms with Gasteiger partial charge in [0, 0.05) is 12.2 Å². The summed E-state index contributed by atoms with van der Waals surface area (Å²) in [7, 11) is 0. The maximum atomic E-state index is 12.9. The van der Waals surface area contributed by atoms with Crippen LogP contribution in [-0.4, -0.2) is 12.5 Å². The van der Waals surface area contributed by atoms with E-state index in [1.54, 1.807) is 23.1 Å². The first-order valence-electron chi connectivity index (χ1n) is 8.32. The molecular formula is C21H13ClN2O3. The van der Waals surface area contributed by atoms with Crippen LogP contribution in [0.5, 0.6) is 0 Å². The first-order chi connectivity index (χ1) is 13.1. The van der Waals surface area contributed by atoms with Gasteiger partial charge in [-0.15, -0.1) is 0 Å². The molecule has 2 heterocycles. The van der Waals surface area contributed by atoms with Gasteiger partial charge in [0.2, 0.25) is 0 Å². The van der Waals surface area contributed by atoms with E-state index < -0.39 is 5.91 Å². The summed E-state index contributed by atoms with van der Waals surface area (Å²) >= 11 is 6.04. The van der Waals surface area contributed by atoms with Gasteiger partial charge in [-0.1, -0.05) is 35.9 Å². The molecule has 5 nitrogen and oxygen atoms in total. The third-order valence-corrected chi connectivity index (χ3v) is 4.86. The summed E-state index contributed by atoms with van der Waals surface area (Å²) in [5, 5.41) is 10.1. The van der Waals surface area contributed by atoms with Crippen molar-refractivity contribution in [2.45, 2.75) is 6.42 Å². The minimum absolute atomic E-state index is 0.125. The van der Waals surface area contributed by atoms with E-state index in [4.69, 9.17) is 16.0 Å². The number of rotatable bonds is 2. The third kappa shape index (κ3) is 2.90. The van der Waals surface area contributed by atoms with E-state index >= 15 is 0 Å². The van der Waals surface area contributed by atoms with Gasteiger partial charge in [0.25, 0.3) is 5.91 Å². The average Bonchev–Trinajstić information content (AvgIpc) is 3.12. The van der Waals surface area contributed by atoms with Crippen molar-refractivity contribution in [2.75, 3.05) is 11.4 Å². The maximum absolute atomic E-state index is 12.9. The Morgan fingerprint density at radius 1 is 1.22 bits per heavy atom. The van der Waals surface area contributed by atoms with Crippen molar-refractivity contribution in [1.29, 1.82) is 5.26 Å². The van der Waals surface area contributed by atoms with Gasteiger partial charge in [-0.2, -0.15) is 5.26 Å². The number of hydrogen-bond acceptors (Lipinski definition) is 4. The van der Waals surface area contributed by atoms with E-state index in [0.717, 1.165) is 17.7 Å². The molecule has 2 aromatic carbocycles. The highest BCUT2D eigenvalue weighted by Gasteiger charge is 2.26. The largest absolute Gasteiger partial charge is 0.462 e. The lowest BCUT2D eigenvalue weighted by Crippen LogP contribution is -2.30. The third-order valence-electron chi connectivity index (χ3n) is 4.56. The summed E-state index contributed by atoms with van der Waals surface area (Å²) < 4.78 is 5.45. The van der Waals surface area contributed by atoms with Crippen LogP contribution in [0.3, 0.4) is 0 Å². The van der Waals surface area contributed by atoms with Gasteiger partial charge in [0.05, 0.1) is 16.0 Å². The molecule has 0 N–H and O–H groups in total. The van der Waals surface area contributed by atoms with Crippen molar-refractivity contribution in [2.24, 2.45) is 0 Å². The van der Waals surface area contributed by atoms with Crippen molar-refractivity contribution in [3.8, 4) is 6.07 Å². The number of amides is 1. The summed E-state index contributed by atoms with van der Waals surface area (Å²) in [5.41, 5.74) is 1.78. The van der Waals surface area contributed by atoms with Crippen LogP contribution in [-0.2, 0) is 11.2 Å². The Hall–Kier alpha value is -3.36. The van der Waals surface area contributed by atoms with Crippen LogP contribution in [0.4, 0.5) is 5.69 Å². The molecule has 0 saturated heterocycles. The number of nitrogens with zero attached hydrogens (tertiary/aromatic N) is 2. The highest BCUT2D eigenvalue weighted by Crippen LogP contribution is 2.29. The van der Waals surface area contributed by atoms with Gasteiger partial charge in [0.15, 0.2) is 11.0 Å². The Kier molecular flexibility index (Phi) is 4.27. The summed E-state index contributed by atoms with van der Waals surface area (Å²) in [6.07, 6.45) is 3.23. The van der Waals surface area contributed by atoms with E-state index in [1.807, 2.05) is 30.3 Å². The molecule has 0 unspecified atom stereocenters. The van der Waals surface area contributed by atoms with E-state index in [9.17, 15) is 14.9 Å². The Labute approximate surface area is 159 Å². The van der Waals surface area contributed by atoms with Gasteiger partial charge in [-0.25, -0.2) is 0 Å².